The van der Waals surface area contributed by atoms with Crippen LogP contribution in [0.3, 0.4) is 0 Å². The molecule has 3 aliphatic rings. The molecule has 228 valence electrons. The van der Waals surface area contributed by atoms with E-state index < -0.39 is 70.2 Å². The van der Waals surface area contributed by atoms with Crippen LogP contribution in [-0.4, -0.2) is 87.7 Å². The average Bonchev–Trinajstić information content (AvgIpc) is 3.72. The first-order valence-corrected chi connectivity index (χ1v) is 16.3. The van der Waals surface area contributed by atoms with Crippen LogP contribution in [0.5, 0.6) is 0 Å². The Labute approximate surface area is 244 Å². The molecule has 2 bridgehead atoms. The van der Waals surface area contributed by atoms with Crippen molar-refractivity contribution in [2.75, 3.05) is 24.7 Å². The van der Waals surface area contributed by atoms with Gasteiger partial charge in [0.25, 0.3) is 5.56 Å². The maximum Gasteiger partial charge on any atom is 0.697 e. The normalized spacial score (nSPS) is 34.6. The summed E-state index contributed by atoms with van der Waals surface area (Å²) >= 11 is 5.22. The van der Waals surface area contributed by atoms with Gasteiger partial charge in [-0.05, 0) is 11.8 Å². The monoisotopic (exact) mass is 659 g/mol. The molecule has 0 amide bonds. The molecule has 19 nitrogen and oxygen atoms in total. The predicted octanol–water partition coefficient (Wildman–Crippen LogP) is 0.338. The Morgan fingerprint density at radius 3 is 2.70 bits per heavy atom. The molecule has 4 aromatic heterocycles. The summed E-state index contributed by atoms with van der Waals surface area (Å²) in [4.78, 5) is 46.0. The molecule has 9 atom stereocenters. The summed E-state index contributed by atoms with van der Waals surface area (Å²) in [7, 11) is -2.81. The number of fused-ring (bicyclic) bond motifs is 5. The molecule has 0 aliphatic carbocycles. The lowest BCUT2D eigenvalue weighted by molar-refractivity contribution is -0.0576. The van der Waals surface area contributed by atoms with E-state index in [2.05, 4.69) is 29.9 Å². The minimum absolute atomic E-state index is 0.0383. The van der Waals surface area contributed by atoms with Gasteiger partial charge in [-0.2, -0.15) is 4.98 Å². The molecule has 43 heavy (non-hydrogen) atoms. The van der Waals surface area contributed by atoms with Crippen LogP contribution in [0.4, 0.5) is 16.2 Å². The number of nitrogen functional groups attached to an aromatic ring is 2. The predicted molar refractivity (Wildman–Crippen MR) is 145 cm³/mol. The van der Waals surface area contributed by atoms with Gasteiger partial charge in [-0.3, -0.25) is 23.4 Å². The van der Waals surface area contributed by atoms with Gasteiger partial charge in [-0.25, -0.2) is 24.3 Å². The summed E-state index contributed by atoms with van der Waals surface area (Å²) in [6, 6.07) is 0. The first-order valence-electron chi connectivity index (χ1n) is 12.6. The zero-order valence-electron chi connectivity index (χ0n) is 21.6. The van der Waals surface area contributed by atoms with Crippen LogP contribution in [0.15, 0.2) is 23.8 Å². The molecule has 2 unspecified atom stereocenters. The van der Waals surface area contributed by atoms with E-state index >= 15 is 4.39 Å². The number of rotatable bonds is 2. The quantitative estimate of drug-likeness (QED) is 0.212. The van der Waals surface area contributed by atoms with Gasteiger partial charge < -0.3 is 30.4 Å². The fraction of sp³-hybridized carbons (Fsp3) is 0.500. The zero-order valence-corrected chi connectivity index (χ0v) is 24.2. The van der Waals surface area contributed by atoms with Crippen LogP contribution in [0, 0.1) is 0 Å². The Kier molecular flexibility index (Phi) is 7.20. The second-order valence-corrected chi connectivity index (χ2v) is 13.4. The Balaban J connectivity index is 1.17. The second kappa shape index (κ2) is 10.8. The number of ether oxygens (including phenoxy) is 2. The summed E-state index contributed by atoms with van der Waals surface area (Å²) in [5, 5.41) is 0. The lowest BCUT2D eigenvalue weighted by atomic mass is 10.1. The number of aromatic nitrogens is 8. The second-order valence-electron chi connectivity index (χ2n) is 9.73. The summed E-state index contributed by atoms with van der Waals surface area (Å²) < 4.78 is 65.5. The van der Waals surface area contributed by atoms with E-state index in [4.69, 9.17) is 50.8 Å². The summed E-state index contributed by atoms with van der Waals surface area (Å²) in [5.74, 6) is -0.0446. The van der Waals surface area contributed by atoms with Crippen molar-refractivity contribution >= 4 is 60.9 Å². The molecule has 0 aromatic carbocycles. The number of hydrogen-bond donors (Lipinski definition) is 4. The Hall–Kier alpha value is -3.10. The Bertz CT molecular complexity index is 1840. The van der Waals surface area contributed by atoms with E-state index in [1.807, 2.05) is 0 Å². The van der Waals surface area contributed by atoms with E-state index in [0.29, 0.717) is 11.2 Å². The summed E-state index contributed by atoms with van der Waals surface area (Å²) in [6.07, 6.45) is -4.74. The maximum absolute atomic E-state index is 15.7. The number of aromatic amines is 1. The molecule has 7 rings (SSSR count). The van der Waals surface area contributed by atoms with Crippen LogP contribution < -0.4 is 17.0 Å². The number of imidazole rings is 2. The highest BCUT2D eigenvalue weighted by Crippen LogP contribution is 2.52. The Morgan fingerprint density at radius 1 is 1.07 bits per heavy atom. The lowest BCUT2D eigenvalue weighted by Gasteiger charge is -2.26. The van der Waals surface area contributed by atoms with Gasteiger partial charge in [0.05, 0.1) is 19.3 Å². The van der Waals surface area contributed by atoms with Crippen molar-refractivity contribution in [1.82, 2.24) is 39.0 Å². The highest BCUT2D eigenvalue weighted by atomic mass is 32.5. The van der Waals surface area contributed by atoms with Crippen LogP contribution in [-0.2, 0) is 43.9 Å². The number of halogens is 1. The van der Waals surface area contributed by atoms with Crippen LogP contribution in [0.2, 0.25) is 0 Å². The first-order chi connectivity index (χ1) is 20.6. The van der Waals surface area contributed by atoms with Crippen molar-refractivity contribution < 1.29 is 41.4 Å². The van der Waals surface area contributed by atoms with Gasteiger partial charge in [-0.1, -0.05) is 0 Å². The molecule has 6 N–H and O–H groups in total. The molecule has 3 saturated heterocycles. The third-order valence-corrected chi connectivity index (χ3v) is 9.45. The number of hydrogen-bond acceptors (Lipinski definition) is 16. The van der Waals surface area contributed by atoms with Crippen molar-refractivity contribution in [2.45, 2.75) is 49.5 Å². The minimum Gasteiger partial charge on any atom is -0.382 e. The SMILES string of the molecule is Nc1nc2c(ncn2[C@@H]2O[C@@H]3CO[P+](=O)O[C@H]4C[C@H](n5cnc6c(N)ncnc65)O[C@@H]4COP(O)(=S)O[C@@H]2[C@@H]3F)c(=O)[nH]1. The molecular weight excluding hydrogens is 637 g/mol. The number of anilines is 2. The fourth-order valence-corrected chi connectivity index (χ4v) is 7.31. The highest BCUT2D eigenvalue weighted by molar-refractivity contribution is 8.07. The number of nitrogens with two attached hydrogens (primary N) is 2. The highest BCUT2D eigenvalue weighted by Gasteiger charge is 2.52. The average molecular weight is 659 g/mol. The number of H-pyrrole nitrogens is 1. The molecule has 4 aromatic rings. The third kappa shape index (κ3) is 5.20. The molecule has 7 heterocycles. The third-order valence-electron chi connectivity index (χ3n) is 7.09. The summed E-state index contributed by atoms with van der Waals surface area (Å²) in [6.45, 7) is -5.10. The smallest absolute Gasteiger partial charge is 0.382 e. The molecule has 0 saturated carbocycles. The van der Waals surface area contributed by atoms with E-state index in [9.17, 15) is 14.3 Å². The van der Waals surface area contributed by atoms with Crippen molar-refractivity contribution in [3.8, 4) is 0 Å². The maximum atomic E-state index is 15.7. The largest absolute Gasteiger partial charge is 0.697 e. The Morgan fingerprint density at radius 2 is 1.86 bits per heavy atom. The van der Waals surface area contributed by atoms with Crippen LogP contribution in [0.1, 0.15) is 18.9 Å². The van der Waals surface area contributed by atoms with Crippen molar-refractivity contribution in [3.05, 3.63) is 29.3 Å². The standard InChI is InChI=1S/C20H21FN10O9P2S/c21-11-9-2-35-41(33)39-7-1-10(30-5-26-12-15(22)24-4-25-16(12)30)37-8(7)3-36-42(34,43)40-14(11)19(38-9)31-6-27-13-17(31)28-20(23)29-18(13)32/h4-11,14,19H,1-3H2,(H5-,22,23,24,25,28,29,32,34,43)/p+1/t7-,8+,9+,10+,11+,14+,19+,42?/m0/s1. The molecule has 0 radical (unpaired) electrons. The van der Waals surface area contributed by atoms with Gasteiger partial charge in [-0.15, -0.1) is 9.05 Å². The van der Waals surface area contributed by atoms with Gasteiger partial charge >= 0.3 is 15.0 Å². The summed E-state index contributed by atoms with van der Waals surface area (Å²) in [5.41, 5.74) is 11.5. The molecular formula is C20H22FN10O9P2S+. The number of alkyl halides is 1. The van der Waals surface area contributed by atoms with Crippen molar-refractivity contribution in [1.29, 1.82) is 0 Å². The van der Waals surface area contributed by atoms with E-state index in [-0.39, 0.29) is 36.0 Å². The molecule has 3 aliphatic heterocycles. The van der Waals surface area contributed by atoms with Gasteiger partial charge in [0.2, 0.25) is 5.95 Å². The van der Waals surface area contributed by atoms with E-state index in [0.717, 1.165) is 0 Å². The van der Waals surface area contributed by atoms with Crippen LogP contribution in [0.25, 0.3) is 22.3 Å². The van der Waals surface area contributed by atoms with Gasteiger partial charge in [0, 0.05) is 11.0 Å². The number of nitrogens with one attached hydrogen (secondary N) is 1. The van der Waals surface area contributed by atoms with Crippen molar-refractivity contribution in [3.63, 3.8) is 0 Å². The molecule has 3 fully saturated rings. The minimum atomic E-state index is -4.18. The van der Waals surface area contributed by atoms with Gasteiger partial charge in [0.15, 0.2) is 35.0 Å². The van der Waals surface area contributed by atoms with E-state index in [1.165, 1.54) is 23.5 Å². The molecule has 0 spiro atoms. The zero-order chi connectivity index (χ0) is 30.0. The molecule has 23 heteroatoms. The van der Waals surface area contributed by atoms with Gasteiger partial charge in [0.1, 0.15) is 49.1 Å². The first kappa shape index (κ1) is 28.7. The van der Waals surface area contributed by atoms with E-state index in [1.54, 1.807) is 4.57 Å². The lowest BCUT2D eigenvalue weighted by Crippen LogP contribution is -2.32. The number of nitrogens with zero attached hydrogens (tertiary/aromatic N) is 7. The van der Waals surface area contributed by atoms with Crippen molar-refractivity contribution in [2.24, 2.45) is 0 Å². The van der Waals surface area contributed by atoms with Crippen LogP contribution >= 0.6 is 15.0 Å². The fourth-order valence-electron chi connectivity index (χ4n) is 5.14. The topological polar surface area (TPSA) is 252 Å².